The Kier molecular flexibility index (Phi) is 4.21. The fourth-order valence-electron chi connectivity index (χ4n) is 2.84. The van der Waals surface area contributed by atoms with Gasteiger partial charge in [0.1, 0.15) is 0 Å². The molecule has 7 heteroatoms. The van der Waals surface area contributed by atoms with Gasteiger partial charge in [-0.25, -0.2) is 7.94 Å². The van der Waals surface area contributed by atoms with E-state index >= 15 is 0 Å². The van der Waals surface area contributed by atoms with Crippen LogP contribution in [0.25, 0.3) is 22.3 Å². The molecule has 136 valence electrons. The van der Waals surface area contributed by atoms with Gasteiger partial charge in [0.15, 0.2) is 0 Å². The van der Waals surface area contributed by atoms with Crippen molar-refractivity contribution in [2.24, 2.45) is 0 Å². The lowest BCUT2D eigenvalue weighted by Gasteiger charge is -2.09. The summed E-state index contributed by atoms with van der Waals surface area (Å²) in [4.78, 5) is 0. The molecule has 0 aliphatic rings. The predicted octanol–water partition coefficient (Wildman–Crippen LogP) is 4.41. The fraction of sp³-hybridized carbons (Fsp3) is 0. The molecule has 0 aliphatic heterocycles. The highest BCUT2D eigenvalue weighted by Crippen LogP contribution is 2.44. The molecule has 0 fully saturated rings. The van der Waals surface area contributed by atoms with Crippen molar-refractivity contribution in [1.29, 1.82) is 0 Å². The second-order valence-electron chi connectivity index (χ2n) is 5.88. The first kappa shape index (κ1) is 17.0. The molecule has 0 radical (unpaired) electrons. The third kappa shape index (κ3) is 2.98. The van der Waals surface area contributed by atoms with E-state index in [0.29, 0.717) is 11.1 Å². The van der Waals surface area contributed by atoms with Crippen molar-refractivity contribution in [3.05, 3.63) is 72.8 Å². The molecule has 0 aliphatic carbocycles. The Bertz CT molecular complexity index is 1000. The first-order valence-corrected chi connectivity index (χ1v) is 8.86. The highest BCUT2D eigenvalue weighted by molar-refractivity contribution is 7.96. The summed E-state index contributed by atoms with van der Waals surface area (Å²) in [5.41, 5.74) is 2.34. The molecule has 4 N–H and O–H groups in total. The summed E-state index contributed by atoms with van der Waals surface area (Å²) >= 11 is 0.758. The van der Waals surface area contributed by atoms with E-state index in [1.807, 2.05) is 60.7 Å². The quantitative estimate of drug-likeness (QED) is 0.421. The van der Waals surface area contributed by atoms with Crippen molar-refractivity contribution in [2.75, 3.05) is 0 Å². The molecule has 2 aromatic carbocycles. The van der Waals surface area contributed by atoms with Crippen LogP contribution in [0.1, 0.15) is 0 Å². The average Bonchev–Trinajstić information content (AvgIpc) is 3.14. The second-order valence-corrected chi connectivity index (χ2v) is 6.78. The molecule has 2 aromatic heterocycles. The summed E-state index contributed by atoms with van der Waals surface area (Å²) in [6, 6.07) is 21.1. The summed E-state index contributed by atoms with van der Waals surface area (Å²) in [5, 5.41) is 41.6. The lowest BCUT2D eigenvalue weighted by molar-refractivity contribution is 0.409. The number of nitrogens with zero attached hydrogens (tertiary/aromatic N) is 2. The number of benzene rings is 2. The zero-order chi connectivity index (χ0) is 19.0. The molecular formula is C20H16N2O4S. The van der Waals surface area contributed by atoms with Crippen molar-refractivity contribution in [3.63, 3.8) is 0 Å². The molecule has 0 spiro atoms. The van der Waals surface area contributed by atoms with Crippen LogP contribution in [0.3, 0.4) is 0 Å². The molecule has 4 aromatic rings. The second kappa shape index (κ2) is 6.69. The summed E-state index contributed by atoms with van der Waals surface area (Å²) < 4.78 is 2.24. The van der Waals surface area contributed by atoms with Gasteiger partial charge in [0.05, 0.1) is 12.1 Å². The maximum Gasteiger partial charge on any atom is 0.213 e. The summed E-state index contributed by atoms with van der Waals surface area (Å²) in [7, 11) is 0. The molecule has 0 saturated carbocycles. The minimum atomic E-state index is -0.217. The molecule has 0 saturated heterocycles. The maximum atomic E-state index is 10.5. The normalized spacial score (nSPS) is 11.0. The van der Waals surface area contributed by atoms with E-state index in [-0.39, 0.29) is 23.5 Å². The lowest BCUT2D eigenvalue weighted by atomic mass is 10.1. The van der Waals surface area contributed by atoms with E-state index in [4.69, 9.17) is 0 Å². The third-order valence-electron chi connectivity index (χ3n) is 4.16. The monoisotopic (exact) mass is 380 g/mol. The van der Waals surface area contributed by atoms with Gasteiger partial charge < -0.3 is 20.4 Å². The topological polar surface area (TPSA) is 90.8 Å². The predicted molar refractivity (Wildman–Crippen MR) is 105 cm³/mol. The van der Waals surface area contributed by atoms with E-state index in [2.05, 4.69) is 0 Å². The zero-order valence-corrected chi connectivity index (χ0v) is 14.8. The van der Waals surface area contributed by atoms with Crippen LogP contribution < -0.4 is 0 Å². The number of hydrogen-bond acceptors (Lipinski definition) is 5. The number of rotatable bonds is 4. The Labute approximate surface area is 159 Å². The van der Waals surface area contributed by atoms with Gasteiger partial charge in [-0.1, -0.05) is 60.7 Å². The van der Waals surface area contributed by atoms with Gasteiger partial charge in [-0.3, -0.25) is 0 Å². The van der Waals surface area contributed by atoms with Crippen molar-refractivity contribution in [1.82, 2.24) is 7.94 Å². The van der Waals surface area contributed by atoms with Crippen molar-refractivity contribution in [2.45, 2.75) is 0 Å². The van der Waals surface area contributed by atoms with E-state index in [1.165, 1.54) is 12.1 Å². The van der Waals surface area contributed by atoms with Crippen LogP contribution in [0.5, 0.6) is 23.5 Å². The lowest BCUT2D eigenvalue weighted by Crippen LogP contribution is -1.93. The van der Waals surface area contributed by atoms with Crippen LogP contribution in [0.15, 0.2) is 72.8 Å². The minimum Gasteiger partial charge on any atom is -0.494 e. The summed E-state index contributed by atoms with van der Waals surface area (Å²) in [6.07, 6.45) is 0. The smallest absolute Gasteiger partial charge is 0.213 e. The SMILES string of the molecule is Oc1cc(-c2ccccc2)c(O)n1Sn1c(O)cc(-c2ccccc2)c1O. The largest absolute Gasteiger partial charge is 0.494 e. The fourth-order valence-corrected chi connectivity index (χ4v) is 3.63. The molecule has 27 heavy (non-hydrogen) atoms. The molecule has 0 atom stereocenters. The van der Waals surface area contributed by atoms with Crippen molar-refractivity contribution >= 4 is 12.1 Å². The summed E-state index contributed by atoms with van der Waals surface area (Å²) in [5.74, 6) is -0.829. The summed E-state index contributed by atoms with van der Waals surface area (Å²) in [6.45, 7) is 0. The van der Waals surface area contributed by atoms with Crippen molar-refractivity contribution < 1.29 is 20.4 Å². The number of aromatic nitrogens is 2. The van der Waals surface area contributed by atoms with Gasteiger partial charge in [-0.15, -0.1) is 0 Å². The molecule has 0 unspecified atom stereocenters. The molecule has 0 bridgehead atoms. The zero-order valence-electron chi connectivity index (χ0n) is 14.0. The van der Waals surface area contributed by atoms with Gasteiger partial charge in [0, 0.05) is 23.3 Å². The van der Waals surface area contributed by atoms with Crippen molar-refractivity contribution in [3.8, 4) is 45.8 Å². The van der Waals surface area contributed by atoms with E-state index in [0.717, 1.165) is 31.2 Å². The Balaban J connectivity index is 1.74. The minimum absolute atomic E-state index is 0.197. The number of hydrogen-bond donors (Lipinski definition) is 4. The molecule has 6 nitrogen and oxygen atoms in total. The van der Waals surface area contributed by atoms with Crippen LogP contribution in [-0.2, 0) is 0 Å². The van der Waals surface area contributed by atoms with Crippen LogP contribution >= 0.6 is 12.1 Å². The highest BCUT2D eigenvalue weighted by atomic mass is 32.2. The molecular weight excluding hydrogens is 364 g/mol. The van der Waals surface area contributed by atoms with E-state index in [9.17, 15) is 20.4 Å². The maximum absolute atomic E-state index is 10.5. The van der Waals surface area contributed by atoms with Crippen LogP contribution in [-0.4, -0.2) is 28.4 Å². The highest BCUT2D eigenvalue weighted by Gasteiger charge is 2.21. The molecule has 2 heterocycles. The van der Waals surface area contributed by atoms with Gasteiger partial charge in [-0.05, 0) is 11.1 Å². The standard InChI is InChI=1S/C20H16N2O4S/c23-17-11-15(13-7-3-1-4-8-13)19(25)21(17)27-22-18(24)12-16(20(22)26)14-9-5-2-6-10-14/h1-12,23-26H. The van der Waals surface area contributed by atoms with Crippen LogP contribution in [0, 0.1) is 0 Å². The van der Waals surface area contributed by atoms with E-state index < -0.39 is 0 Å². The third-order valence-corrected chi connectivity index (χ3v) is 5.21. The Hall–Kier alpha value is -3.45. The first-order chi connectivity index (χ1) is 13.1. The van der Waals surface area contributed by atoms with Crippen LogP contribution in [0.4, 0.5) is 0 Å². The average molecular weight is 380 g/mol. The Morgan fingerprint density at radius 1 is 0.556 bits per heavy atom. The van der Waals surface area contributed by atoms with Crippen LogP contribution in [0.2, 0.25) is 0 Å². The molecule has 4 rings (SSSR count). The Morgan fingerprint density at radius 2 is 0.926 bits per heavy atom. The molecule has 0 amide bonds. The Morgan fingerprint density at radius 3 is 1.30 bits per heavy atom. The van der Waals surface area contributed by atoms with Gasteiger partial charge in [0.25, 0.3) is 0 Å². The van der Waals surface area contributed by atoms with Gasteiger partial charge in [-0.2, -0.15) is 0 Å². The van der Waals surface area contributed by atoms with Gasteiger partial charge >= 0.3 is 0 Å². The van der Waals surface area contributed by atoms with E-state index in [1.54, 1.807) is 0 Å². The van der Waals surface area contributed by atoms with Gasteiger partial charge in [0.2, 0.25) is 23.5 Å². The first-order valence-electron chi connectivity index (χ1n) is 8.13. The number of aromatic hydroxyl groups is 4.